The molecule has 21 heavy (non-hydrogen) atoms. The van der Waals surface area contributed by atoms with Gasteiger partial charge in [0.1, 0.15) is 12.4 Å². The first-order valence-electron chi connectivity index (χ1n) is 7.94. The van der Waals surface area contributed by atoms with Gasteiger partial charge in [-0.1, -0.05) is 6.42 Å². The van der Waals surface area contributed by atoms with Gasteiger partial charge in [-0.15, -0.1) is 10.2 Å². The van der Waals surface area contributed by atoms with E-state index in [1.165, 1.54) is 30.5 Å². The van der Waals surface area contributed by atoms with Crippen molar-refractivity contribution in [2.45, 2.75) is 64.1 Å². The van der Waals surface area contributed by atoms with E-state index < -0.39 is 0 Å². The van der Waals surface area contributed by atoms with E-state index in [1.54, 1.807) is 0 Å². The van der Waals surface area contributed by atoms with E-state index in [4.69, 9.17) is 0 Å². The standard InChI is InChI=1S/C15H21N5O/c21-12-6-5-11-9-16-20(13(11)8-12)10-15-18-17-14-4-2-1-3-7-19(14)15/h9,12,21H,1-8,10H2. The first-order chi connectivity index (χ1) is 10.3. The highest BCUT2D eigenvalue weighted by Gasteiger charge is 2.22. The molecule has 1 N–H and O–H groups in total. The zero-order chi connectivity index (χ0) is 14.2. The molecule has 0 fully saturated rings. The van der Waals surface area contributed by atoms with Crippen molar-refractivity contribution in [3.8, 4) is 0 Å². The minimum atomic E-state index is -0.233. The summed E-state index contributed by atoms with van der Waals surface area (Å²) >= 11 is 0. The highest BCUT2D eigenvalue weighted by atomic mass is 16.3. The van der Waals surface area contributed by atoms with Gasteiger partial charge in [0.05, 0.1) is 12.3 Å². The molecule has 0 bridgehead atoms. The maximum absolute atomic E-state index is 9.88. The van der Waals surface area contributed by atoms with Crippen LogP contribution in [0, 0.1) is 0 Å². The molecule has 3 heterocycles. The second kappa shape index (κ2) is 5.26. The fourth-order valence-corrected chi connectivity index (χ4v) is 3.47. The molecule has 0 radical (unpaired) electrons. The van der Waals surface area contributed by atoms with E-state index in [1.807, 2.05) is 10.9 Å². The van der Waals surface area contributed by atoms with E-state index in [0.717, 1.165) is 37.5 Å². The summed E-state index contributed by atoms with van der Waals surface area (Å²) in [5.74, 6) is 2.11. The first-order valence-corrected chi connectivity index (χ1v) is 7.94. The van der Waals surface area contributed by atoms with Crippen LogP contribution in [-0.4, -0.2) is 35.8 Å². The summed E-state index contributed by atoms with van der Waals surface area (Å²) in [7, 11) is 0. The van der Waals surface area contributed by atoms with Crippen LogP contribution in [0.15, 0.2) is 6.20 Å². The molecule has 1 unspecified atom stereocenters. The molecule has 6 heteroatoms. The minimum absolute atomic E-state index is 0.233. The van der Waals surface area contributed by atoms with Gasteiger partial charge in [-0.05, 0) is 31.2 Å². The second-order valence-corrected chi connectivity index (χ2v) is 6.17. The lowest BCUT2D eigenvalue weighted by molar-refractivity contribution is 0.155. The number of hydrogen-bond donors (Lipinski definition) is 1. The van der Waals surface area contributed by atoms with Crippen LogP contribution in [0.3, 0.4) is 0 Å². The van der Waals surface area contributed by atoms with Crippen molar-refractivity contribution in [1.29, 1.82) is 0 Å². The topological polar surface area (TPSA) is 68.8 Å². The quantitative estimate of drug-likeness (QED) is 0.898. The highest BCUT2D eigenvalue weighted by Crippen LogP contribution is 2.22. The van der Waals surface area contributed by atoms with Crippen LogP contribution in [-0.2, 0) is 32.4 Å². The van der Waals surface area contributed by atoms with E-state index in [9.17, 15) is 5.11 Å². The number of aromatic nitrogens is 5. The van der Waals surface area contributed by atoms with Crippen LogP contribution in [0.1, 0.15) is 48.6 Å². The Balaban J connectivity index is 1.62. The number of nitrogens with zero attached hydrogens (tertiary/aromatic N) is 5. The molecule has 4 rings (SSSR count). The monoisotopic (exact) mass is 287 g/mol. The third-order valence-electron chi connectivity index (χ3n) is 4.69. The molecule has 6 nitrogen and oxygen atoms in total. The van der Waals surface area contributed by atoms with Crippen LogP contribution in [0.2, 0.25) is 0 Å². The summed E-state index contributed by atoms with van der Waals surface area (Å²) in [6.45, 7) is 1.68. The second-order valence-electron chi connectivity index (χ2n) is 6.17. The lowest BCUT2D eigenvalue weighted by Crippen LogP contribution is -2.22. The maximum atomic E-state index is 9.88. The molecule has 1 aliphatic carbocycles. The van der Waals surface area contributed by atoms with Gasteiger partial charge in [0, 0.05) is 25.1 Å². The predicted molar refractivity (Wildman–Crippen MR) is 76.9 cm³/mol. The Morgan fingerprint density at radius 3 is 3.10 bits per heavy atom. The number of fused-ring (bicyclic) bond motifs is 2. The number of aliphatic hydroxyl groups excluding tert-OH is 1. The van der Waals surface area contributed by atoms with Gasteiger partial charge in [-0.2, -0.15) is 5.10 Å². The van der Waals surface area contributed by atoms with Crippen molar-refractivity contribution in [3.05, 3.63) is 29.1 Å². The van der Waals surface area contributed by atoms with Gasteiger partial charge in [0.2, 0.25) is 0 Å². The van der Waals surface area contributed by atoms with Gasteiger partial charge in [0.15, 0.2) is 5.82 Å². The fraction of sp³-hybridized carbons (Fsp3) is 0.667. The molecule has 1 atom stereocenters. The van der Waals surface area contributed by atoms with E-state index in [-0.39, 0.29) is 6.10 Å². The SMILES string of the molecule is OC1CCc2cnn(Cc3nnc4n3CCCCC4)c2C1. The zero-order valence-electron chi connectivity index (χ0n) is 12.2. The number of aliphatic hydroxyl groups is 1. The molecule has 2 aromatic rings. The summed E-state index contributed by atoms with van der Waals surface area (Å²) in [5.41, 5.74) is 2.44. The number of hydrogen-bond acceptors (Lipinski definition) is 4. The van der Waals surface area contributed by atoms with E-state index in [2.05, 4.69) is 19.9 Å². The summed E-state index contributed by atoms with van der Waals surface area (Å²) in [5, 5.41) is 23.1. The average Bonchev–Trinajstić information content (AvgIpc) is 2.96. The van der Waals surface area contributed by atoms with Crippen molar-refractivity contribution in [2.24, 2.45) is 0 Å². The van der Waals surface area contributed by atoms with Gasteiger partial charge < -0.3 is 9.67 Å². The Kier molecular flexibility index (Phi) is 3.25. The molecule has 2 aliphatic rings. The Morgan fingerprint density at radius 2 is 2.14 bits per heavy atom. The lowest BCUT2D eigenvalue weighted by Gasteiger charge is -2.18. The molecule has 0 amide bonds. The van der Waals surface area contributed by atoms with Crippen LogP contribution >= 0.6 is 0 Å². The van der Waals surface area contributed by atoms with Crippen molar-refractivity contribution in [2.75, 3.05) is 0 Å². The van der Waals surface area contributed by atoms with E-state index >= 15 is 0 Å². The molecule has 112 valence electrons. The van der Waals surface area contributed by atoms with Crippen LogP contribution in [0.4, 0.5) is 0 Å². The third kappa shape index (κ3) is 2.37. The largest absolute Gasteiger partial charge is 0.393 e. The van der Waals surface area contributed by atoms with Crippen molar-refractivity contribution < 1.29 is 5.11 Å². The molecule has 0 spiro atoms. The molecular formula is C15H21N5O. The van der Waals surface area contributed by atoms with Gasteiger partial charge in [0.25, 0.3) is 0 Å². The van der Waals surface area contributed by atoms with Gasteiger partial charge in [-0.25, -0.2) is 0 Å². The summed E-state index contributed by atoms with van der Waals surface area (Å²) in [6.07, 6.45) is 8.90. The number of rotatable bonds is 2. The molecule has 1 aliphatic heterocycles. The zero-order valence-corrected chi connectivity index (χ0v) is 12.2. The molecule has 0 saturated carbocycles. The summed E-state index contributed by atoms with van der Waals surface area (Å²) < 4.78 is 4.26. The van der Waals surface area contributed by atoms with Crippen LogP contribution < -0.4 is 0 Å². The lowest BCUT2D eigenvalue weighted by atomic mass is 9.96. The number of aryl methyl sites for hydroxylation is 2. The summed E-state index contributed by atoms with van der Waals surface area (Å²) in [6, 6.07) is 0. The summed E-state index contributed by atoms with van der Waals surface area (Å²) in [4.78, 5) is 0. The third-order valence-corrected chi connectivity index (χ3v) is 4.69. The molecule has 0 aromatic carbocycles. The predicted octanol–water partition coefficient (Wildman–Crippen LogP) is 1.10. The Morgan fingerprint density at radius 1 is 1.19 bits per heavy atom. The fourth-order valence-electron chi connectivity index (χ4n) is 3.47. The van der Waals surface area contributed by atoms with Crippen LogP contribution in [0.5, 0.6) is 0 Å². The molecule has 2 aromatic heterocycles. The smallest absolute Gasteiger partial charge is 0.154 e. The van der Waals surface area contributed by atoms with Gasteiger partial charge >= 0.3 is 0 Å². The molecule has 0 saturated heterocycles. The Bertz CT molecular complexity index is 633. The van der Waals surface area contributed by atoms with Crippen molar-refractivity contribution >= 4 is 0 Å². The normalized spacial score (nSPS) is 21.7. The average molecular weight is 287 g/mol. The highest BCUT2D eigenvalue weighted by molar-refractivity contribution is 5.22. The maximum Gasteiger partial charge on any atom is 0.154 e. The van der Waals surface area contributed by atoms with E-state index in [0.29, 0.717) is 13.0 Å². The first kappa shape index (κ1) is 13.0. The van der Waals surface area contributed by atoms with Crippen molar-refractivity contribution in [3.63, 3.8) is 0 Å². The Hall–Kier alpha value is -1.69. The molecular weight excluding hydrogens is 266 g/mol. The minimum Gasteiger partial charge on any atom is -0.393 e. The van der Waals surface area contributed by atoms with Gasteiger partial charge in [-0.3, -0.25) is 4.68 Å². The Labute approximate surface area is 123 Å². The van der Waals surface area contributed by atoms with Crippen LogP contribution in [0.25, 0.3) is 0 Å². The van der Waals surface area contributed by atoms with Crippen molar-refractivity contribution in [1.82, 2.24) is 24.5 Å².